The fourth-order valence-corrected chi connectivity index (χ4v) is 5.26. The highest BCUT2D eigenvalue weighted by Crippen LogP contribution is 2.41. The normalized spacial score (nSPS) is 27.2. The van der Waals surface area contributed by atoms with Crippen molar-refractivity contribution in [3.05, 3.63) is 11.1 Å². The molecule has 0 aromatic heterocycles. The smallest absolute Gasteiger partial charge is 0.147 e. The van der Waals surface area contributed by atoms with E-state index in [0.717, 1.165) is 23.7 Å². The molecule has 0 atom stereocenters. The quantitative estimate of drug-likeness (QED) is 0.235. The summed E-state index contributed by atoms with van der Waals surface area (Å²) in [5, 5.41) is 0. The number of aldehydes is 1. The minimum Gasteiger partial charge on any atom is -0.298 e. The van der Waals surface area contributed by atoms with E-state index in [9.17, 15) is 4.79 Å². The van der Waals surface area contributed by atoms with Crippen LogP contribution in [0.4, 0.5) is 0 Å². The third-order valence-electron chi connectivity index (χ3n) is 6.92. The Morgan fingerprint density at radius 3 is 1.73 bits per heavy atom. The Labute approximate surface area is 167 Å². The van der Waals surface area contributed by atoms with Gasteiger partial charge in [-0.3, -0.25) is 4.79 Å². The second-order valence-corrected chi connectivity index (χ2v) is 9.24. The van der Waals surface area contributed by atoms with E-state index in [-0.39, 0.29) is 0 Å². The van der Waals surface area contributed by atoms with Crippen molar-refractivity contribution in [3.8, 4) is 0 Å². The first-order valence-corrected chi connectivity index (χ1v) is 12.0. The summed E-state index contributed by atoms with van der Waals surface area (Å²) < 4.78 is 0. The molecule has 2 fully saturated rings. The minimum atomic E-state index is 0.450. The summed E-state index contributed by atoms with van der Waals surface area (Å²) in [6.45, 7) is 0. The summed E-state index contributed by atoms with van der Waals surface area (Å²) in [4.78, 5) is 10.9. The second-order valence-electron chi connectivity index (χ2n) is 9.02. The molecule has 150 valence electrons. The van der Waals surface area contributed by atoms with Gasteiger partial charge in [-0.1, -0.05) is 114 Å². The molecule has 2 aliphatic rings. The Balaban J connectivity index is 1.51. The van der Waals surface area contributed by atoms with Gasteiger partial charge >= 0.3 is 0 Å². The lowest BCUT2D eigenvalue weighted by Gasteiger charge is -2.35. The first-order chi connectivity index (χ1) is 12.8. The lowest BCUT2D eigenvalue weighted by Crippen LogP contribution is -2.25. The van der Waals surface area contributed by atoms with Gasteiger partial charge in [-0.25, -0.2) is 0 Å². The first kappa shape index (κ1) is 22.0. The largest absolute Gasteiger partial charge is 0.298 e. The molecule has 0 amide bonds. The average Bonchev–Trinajstić information content (AvgIpc) is 2.61. The molecule has 0 radical (unpaired) electrons. The van der Waals surface area contributed by atoms with Crippen molar-refractivity contribution in [2.24, 2.45) is 17.8 Å². The summed E-state index contributed by atoms with van der Waals surface area (Å²) in [6, 6.07) is 0. The van der Waals surface area contributed by atoms with Crippen molar-refractivity contribution in [1.82, 2.24) is 0 Å². The Morgan fingerprint density at radius 2 is 1.23 bits per heavy atom. The number of hydrogen-bond acceptors (Lipinski definition) is 1. The van der Waals surface area contributed by atoms with Crippen molar-refractivity contribution in [2.75, 3.05) is 0 Å². The van der Waals surface area contributed by atoms with Gasteiger partial charge in [0.1, 0.15) is 6.29 Å². The number of unbranched alkanes of at least 4 members (excludes halogenated alkanes) is 2. The van der Waals surface area contributed by atoms with Gasteiger partial charge in [0.15, 0.2) is 0 Å². The summed E-state index contributed by atoms with van der Waals surface area (Å²) >= 11 is 5.71. The van der Waals surface area contributed by atoms with Crippen LogP contribution in [0, 0.1) is 17.8 Å². The molecular formula is C24H41ClO. The lowest BCUT2D eigenvalue weighted by molar-refractivity contribution is -0.105. The third-order valence-corrected chi connectivity index (χ3v) is 7.17. The van der Waals surface area contributed by atoms with Gasteiger partial charge in [-0.15, -0.1) is 0 Å². The lowest BCUT2D eigenvalue weighted by atomic mass is 9.70. The summed E-state index contributed by atoms with van der Waals surface area (Å²) in [5.74, 6) is 2.30. The molecule has 2 aliphatic carbocycles. The van der Waals surface area contributed by atoms with Crippen LogP contribution in [0.1, 0.15) is 116 Å². The number of carbonyl (C=O) groups excluding carboxylic acids is 1. The standard InChI is InChI=1S/C24H41ClO/c25-19-24(20-26)23-17-22(18-23)16-12-8-11-15-21-13-9-6-4-2-1-3-5-7-10-14-21/h19-23H,1-18H2. The molecule has 2 rings (SSSR count). The SMILES string of the molecule is O=CC(=CCl)C1CC(CCCCCC2CCCCCCCCCCC2)C1. The van der Waals surface area contributed by atoms with E-state index in [0.29, 0.717) is 5.92 Å². The zero-order chi connectivity index (χ0) is 18.5. The van der Waals surface area contributed by atoms with Crippen LogP contribution >= 0.6 is 11.6 Å². The van der Waals surface area contributed by atoms with E-state index in [4.69, 9.17) is 11.6 Å². The molecule has 2 saturated carbocycles. The Hall–Kier alpha value is -0.300. The van der Waals surface area contributed by atoms with Crippen LogP contribution in [-0.2, 0) is 4.79 Å². The Morgan fingerprint density at radius 1 is 0.731 bits per heavy atom. The Kier molecular flexibility index (Phi) is 11.7. The minimum absolute atomic E-state index is 0.450. The van der Waals surface area contributed by atoms with Gasteiger partial charge in [0.25, 0.3) is 0 Å². The van der Waals surface area contributed by atoms with Crippen molar-refractivity contribution < 1.29 is 4.79 Å². The van der Waals surface area contributed by atoms with Gasteiger partial charge in [0, 0.05) is 11.1 Å². The molecular weight excluding hydrogens is 340 g/mol. The van der Waals surface area contributed by atoms with Gasteiger partial charge < -0.3 is 0 Å². The molecule has 0 aliphatic heterocycles. The van der Waals surface area contributed by atoms with Crippen LogP contribution in [-0.4, -0.2) is 6.29 Å². The van der Waals surface area contributed by atoms with Gasteiger partial charge in [0.05, 0.1) is 0 Å². The van der Waals surface area contributed by atoms with E-state index in [1.165, 1.54) is 121 Å². The van der Waals surface area contributed by atoms with Crippen molar-refractivity contribution >= 4 is 17.9 Å². The summed E-state index contributed by atoms with van der Waals surface area (Å²) in [6.07, 6.45) is 26.6. The van der Waals surface area contributed by atoms with Crippen molar-refractivity contribution in [2.45, 2.75) is 116 Å². The molecule has 2 heteroatoms. The van der Waals surface area contributed by atoms with Crippen LogP contribution in [0.3, 0.4) is 0 Å². The first-order valence-electron chi connectivity index (χ1n) is 11.6. The fourth-order valence-electron chi connectivity index (χ4n) is 5.03. The molecule has 0 N–H and O–H groups in total. The van der Waals surface area contributed by atoms with E-state index in [1.807, 2.05) is 0 Å². The number of hydrogen-bond donors (Lipinski definition) is 0. The number of allylic oxidation sites excluding steroid dienone is 1. The van der Waals surface area contributed by atoms with Gasteiger partial charge in [-0.05, 0) is 30.6 Å². The summed E-state index contributed by atoms with van der Waals surface area (Å²) in [7, 11) is 0. The Bertz CT molecular complexity index is 385. The van der Waals surface area contributed by atoms with E-state index < -0.39 is 0 Å². The molecule has 0 unspecified atom stereocenters. The second kappa shape index (κ2) is 13.8. The zero-order valence-electron chi connectivity index (χ0n) is 16.9. The number of carbonyl (C=O) groups is 1. The van der Waals surface area contributed by atoms with E-state index >= 15 is 0 Å². The maximum absolute atomic E-state index is 10.9. The topological polar surface area (TPSA) is 17.1 Å². The molecule has 0 spiro atoms. The maximum Gasteiger partial charge on any atom is 0.147 e. The maximum atomic E-state index is 10.9. The van der Waals surface area contributed by atoms with Crippen LogP contribution in [0.2, 0.25) is 0 Å². The summed E-state index contributed by atoms with van der Waals surface area (Å²) in [5.41, 5.74) is 2.29. The molecule has 26 heavy (non-hydrogen) atoms. The molecule has 0 heterocycles. The van der Waals surface area contributed by atoms with Crippen LogP contribution in [0.5, 0.6) is 0 Å². The average molecular weight is 381 g/mol. The van der Waals surface area contributed by atoms with Gasteiger partial charge in [0.2, 0.25) is 0 Å². The van der Waals surface area contributed by atoms with Crippen LogP contribution < -0.4 is 0 Å². The predicted molar refractivity (Wildman–Crippen MR) is 114 cm³/mol. The highest BCUT2D eigenvalue weighted by molar-refractivity contribution is 6.26. The van der Waals surface area contributed by atoms with Crippen molar-refractivity contribution in [1.29, 1.82) is 0 Å². The molecule has 0 bridgehead atoms. The molecule has 1 nitrogen and oxygen atoms in total. The van der Waals surface area contributed by atoms with E-state index in [2.05, 4.69) is 0 Å². The van der Waals surface area contributed by atoms with E-state index in [1.54, 1.807) is 0 Å². The fraction of sp³-hybridized carbons (Fsp3) is 0.875. The molecule has 0 aromatic rings. The monoisotopic (exact) mass is 380 g/mol. The predicted octanol–water partition coefficient (Wildman–Crippen LogP) is 8.21. The zero-order valence-corrected chi connectivity index (χ0v) is 17.7. The van der Waals surface area contributed by atoms with Crippen LogP contribution in [0.25, 0.3) is 0 Å². The number of rotatable bonds is 8. The molecule has 0 saturated heterocycles. The molecule has 0 aromatic carbocycles. The van der Waals surface area contributed by atoms with Crippen molar-refractivity contribution in [3.63, 3.8) is 0 Å². The number of halogens is 1. The van der Waals surface area contributed by atoms with Crippen LogP contribution in [0.15, 0.2) is 11.1 Å². The highest BCUT2D eigenvalue weighted by atomic mass is 35.5. The van der Waals surface area contributed by atoms with Gasteiger partial charge in [-0.2, -0.15) is 0 Å². The third kappa shape index (κ3) is 8.59. The highest BCUT2D eigenvalue weighted by Gasteiger charge is 2.30.